The molecule has 3 aromatic rings. The molecule has 0 unspecified atom stereocenters. The van der Waals surface area contributed by atoms with E-state index in [-0.39, 0.29) is 22.8 Å². The van der Waals surface area contributed by atoms with Crippen molar-refractivity contribution < 1.29 is 17.9 Å². The number of nitrogens with zero attached hydrogens (tertiary/aromatic N) is 2. The molecule has 2 heterocycles. The summed E-state index contributed by atoms with van der Waals surface area (Å²) in [5.74, 6) is 1.48. The van der Waals surface area contributed by atoms with E-state index >= 15 is 0 Å². The van der Waals surface area contributed by atoms with Crippen molar-refractivity contribution in [3.05, 3.63) is 77.1 Å². The molecule has 0 bridgehead atoms. The molecule has 11 nitrogen and oxygen atoms in total. The van der Waals surface area contributed by atoms with E-state index in [0.29, 0.717) is 11.3 Å². The summed E-state index contributed by atoms with van der Waals surface area (Å²) in [6, 6.07) is 12.9. The molecule has 1 amide bonds. The number of ether oxygens (including phenoxy) is 1. The fourth-order valence-electron chi connectivity index (χ4n) is 4.67. The molecule has 43 heavy (non-hydrogen) atoms. The van der Waals surface area contributed by atoms with E-state index in [9.17, 15) is 13.2 Å². The van der Waals surface area contributed by atoms with Crippen LogP contribution in [0.3, 0.4) is 0 Å². The van der Waals surface area contributed by atoms with E-state index in [2.05, 4.69) is 31.3 Å². The van der Waals surface area contributed by atoms with Gasteiger partial charge in [-0.15, -0.1) is 5.53 Å². The largest absolute Gasteiger partial charge is 0.492 e. The van der Waals surface area contributed by atoms with Gasteiger partial charge in [-0.05, 0) is 78.6 Å². The maximum absolute atomic E-state index is 13.5. The number of hydrogen-bond donors (Lipinski definition) is 5. The summed E-state index contributed by atoms with van der Waals surface area (Å²) in [5, 5.41) is 8.12. The van der Waals surface area contributed by atoms with E-state index in [0.717, 1.165) is 52.6 Å². The van der Waals surface area contributed by atoms with Crippen LogP contribution in [0.2, 0.25) is 0 Å². The highest BCUT2D eigenvalue weighted by Gasteiger charge is 2.24. The van der Waals surface area contributed by atoms with Crippen LogP contribution in [-0.2, 0) is 15.4 Å². The number of sulfonamides is 1. The molecule has 0 saturated heterocycles. The second-order valence-corrected chi connectivity index (χ2v) is 13.8. The van der Waals surface area contributed by atoms with Crippen molar-refractivity contribution in [2.45, 2.75) is 46.0 Å². The van der Waals surface area contributed by atoms with Crippen LogP contribution in [0, 0.1) is 12.8 Å². The second-order valence-electron chi connectivity index (χ2n) is 12.1. The number of methoxy groups -OCH3 is 1. The lowest BCUT2D eigenvalue weighted by molar-refractivity contribution is 0.102. The Morgan fingerprint density at radius 3 is 2.49 bits per heavy atom. The third kappa shape index (κ3) is 7.38. The number of hydrogen-bond acceptors (Lipinski definition) is 9. The number of carbonyl (C=O) groups is 1. The number of nitrogens with one attached hydrogen (secondary N) is 5. The van der Waals surface area contributed by atoms with Crippen LogP contribution in [0.25, 0.3) is 5.70 Å². The molecule has 1 aliphatic heterocycles. The fraction of sp³-hybridized carbons (Fsp3) is 0.355. The van der Waals surface area contributed by atoms with E-state index in [1.807, 2.05) is 63.3 Å². The smallest absolute Gasteiger partial charge is 0.255 e. The number of amides is 1. The monoisotopic (exact) mass is 605 g/mol. The van der Waals surface area contributed by atoms with Crippen molar-refractivity contribution in [1.82, 2.24) is 15.9 Å². The van der Waals surface area contributed by atoms with Gasteiger partial charge >= 0.3 is 0 Å². The zero-order valence-corrected chi connectivity index (χ0v) is 26.1. The van der Waals surface area contributed by atoms with E-state index in [1.54, 1.807) is 24.3 Å². The third-order valence-electron chi connectivity index (χ3n) is 7.35. The molecule has 228 valence electrons. The number of hydrazine groups is 2. The van der Waals surface area contributed by atoms with E-state index in [1.165, 1.54) is 20.0 Å². The predicted octanol–water partition coefficient (Wildman–Crippen LogP) is 4.97. The Hall–Kier alpha value is -4.29. The van der Waals surface area contributed by atoms with Crippen molar-refractivity contribution in [1.29, 1.82) is 0 Å². The standard InChI is InChI=1S/C31H39N7O4S/c1-19-7-10-21(30(39)34-24-14-23(31(2,3)4)15-25(29(24)42-5)36-43(6,40)41)13-27(19)38-18-26(35-37-38)22-11-12-28(33-17-22)32-16-20-8-9-20/h7,10-15,17-18,20,35-37H,8-9,16H2,1-6H3,(H,32,33)(H,34,39). The van der Waals surface area contributed by atoms with Crippen LogP contribution in [0.15, 0.2) is 54.9 Å². The average molecular weight is 606 g/mol. The van der Waals surface area contributed by atoms with Gasteiger partial charge in [0.25, 0.3) is 5.91 Å². The summed E-state index contributed by atoms with van der Waals surface area (Å²) in [6.45, 7) is 8.94. The SMILES string of the molecule is COc1c(NC(=O)c2ccc(C)c(N3C=C(c4ccc(NCC5CC5)nc4)NN3)c2)cc(C(C)(C)C)cc1NS(C)(=O)=O. The fourth-order valence-corrected chi connectivity index (χ4v) is 5.23. The molecule has 5 N–H and O–H groups in total. The highest BCUT2D eigenvalue weighted by Crippen LogP contribution is 2.39. The second kappa shape index (κ2) is 11.8. The summed E-state index contributed by atoms with van der Waals surface area (Å²) in [6.07, 6.45) is 7.38. The Kier molecular flexibility index (Phi) is 8.26. The minimum Gasteiger partial charge on any atom is -0.492 e. The summed E-state index contributed by atoms with van der Waals surface area (Å²) in [4.78, 5) is 18.1. The number of benzene rings is 2. The quantitative estimate of drug-likeness (QED) is 0.217. The lowest BCUT2D eigenvalue weighted by atomic mass is 9.86. The first-order valence-electron chi connectivity index (χ1n) is 14.2. The zero-order chi connectivity index (χ0) is 30.9. The van der Waals surface area contributed by atoms with Gasteiger partial charge in [0.15, 0.2) is 5.75 Å². The van der Waals surface area contributed by atoms with E-state index in [4.69, 9.17) is 4.74 Å². The third-order valence-corrected chi connectivity index (χ3v) is 7.94. The molecular weight excluding hydrogens is 566 g/mol. The van der Waals surface area contributed by atoms with Crippen LogP contribution in [0.4, 0.5) is 22.9 Å². The maximum Gasteiger partial charge on any atom is 0.255 e. The summed E-state index contributed by atoms with van der Waals surface area (Å²) >= 11 is 0. The van der Waals surface area contributed by atoms with Crippen LogP contribution in [-0.4, -0.2) is 39.2 Å². The molecule has 1 saturated carbocycles. The molecule has 2 aromatic carbocycles. The Bertz CT molecular complexity index is 1660. The number of anilines is 4. The molecule has 1 aromatic heterocycles. The molecule has 1 fully saturated rings. The van der Waals surface area contributed by atoms with Gasteiger partial charge in [0, 0.05) is 30.1 Å². The summed E-state index contributed by atoms with van der Waals surface area (Å²) < 4.78 is 32.2. The minimum absolute atomic E-state index is 0.222. The number of pyridine rings is 1. The first-order chi connectivity index (χ1) is 20.3. The van der Waals surface area contributed by atoms with Crippen LogP contribution >= 0.6 is 0 Å². The minimum atomic E-state index is -3.59. The normalized spacial score (nSPS) is 15.0. The number of aromatic nitrogens is 1. The molecule has 2 aliphatic rings. The van der Waals surface area contributed by atoms with Crippen molar-refractivity contribution in [2.75, 3.05) is 40.3 Å². The van der Waals surface area contributed by atoms with Crippen LogP contribution < -0.4 is 36.1 Å². The first kappa shape index (κ1) is 30.2. The average Bonchev–Trinajstić information content (AvgIpc) is 3.64. The predicted molar refractivity (Wildman–Crippen MR) is 171 cm³/mol. The van der Waals surface area contributed by atoms with Gasteiger partial charge in [0.05, 0.1) is 36.1 Å². The molecule has 0 spiro atoms. The Balaban J connectivity index is 1.38. The van der Waals surface area contributed by atoms with Crippen LogP contribution in [0.1, 0.15) is 60.7 Å². The van der Waals surface area contributed by atoms with Crippen LogP contribution in [0.5, 0.6) is 5.75 Å². The van der Waals surface area contributed by atoms with Gasteiger partial charge in [-0.2, -0.15) is 0 Å². The van der Waals surface area contributed by atoms with Gasteiger partial charge in [0.1, 0.15) is 5.82 Å². The lowest BCUT2D eigenvalue weighted by Crippen LogP contribution is -2.36. The number of rotatable bonds is 10. The van der Waals surface area contributed by atoms with Gasteiger partial charge < -0.3 is 20.8 Å². The number of carbonyl (C=O) groups excluding carboxylic acids is 1. The highest BCUT2D eigenvalue weighted by atomic mass is 32.2. The molecular formula is C31H39N7O4S. The topological polar surface area (TPSA) is 137 Å². The van der Waals surface area contributed by atoms with Gasteiger partial charge in [-0.25, -0.2) is 13.4 Å². The highest BCUT2D eigenvalue weighted by molar-refractivity contribution is 7.92. The van der Waals surface area contributed by atoms with Gasteiger partial charge in [-0.1, -0.05) is 26.8 Å². The van der Waals surface area contributed by atoms with Crippen molar-refractivity contribution >= 4 is 44.5 Å². The molecule has 1 aliphatic carbocycles. The summed E-state index contributed by atoms with van der Waals surface area (Å²) in [5.41, 5.74) is 11.3. The molecule has 0 radical (unpaired) electrons. The zero-order valence-electron chi connectivity index (χ0n) is 25.3. The summed E-state index contributed by atoms with van der Waals surface area (Å²) in [7, 11) is -2.16. The lowest BCUT2D eigenvalue weighted by Gasteiger charge is -2.24. The number of aryl methyl sites for hydroxylation is 1. The van der Waals surface area contributed by atoms with E-state index < -0.39 is 10.0 Å². The molecule has 12 heteroatoms. The van der Waals surface area contributed by atoms with Gasteiger partial charge in [-0.3, -0.25) is 14.5 Å². The van der Waals surface area contributed by atoms with Crippen molar-refractivity contribution in [3.63, 3.8) is 0 Å². The van der Waals surface area contributed by atoms with Crippen molar-refractivity contribution in [3.8, 4) is 5.75 Å². The van der Waals surface area contributed by atoms with Gasteiger partial charge in [0.2, 0.25) is 10.0 Å². The molecule has 5 rings (SSSR count). The Morgan fingerprint density at radius 2 is 1.86 bits per heavy atom. The maximum atomic E-state index is 13.5. The Labute approximate surface area is 253 Å². The Morgan fingerprint density at radius 1 is 1.12 bits per heavy atom. The molecule has 0 atom stereocenters. The van der Waals surface area contributed by atoms with Crippen molar-refractivity contribution in [2.24, 2.45) is 5.92 Å². The first-order valence-corrected chi connectivity index (χ1v) is 16.0.